The number of fused-ring (bicyclic) bond motifs is 1. The Morgan fingerprint density at radius 2 is 1.92 bits per heavy atom. The van der Waals surface area contributed by atoms with Crippen molar-refractivity contribution >= 4 is 23.2 Å². The molecule has 194 valence electrons. The number of likely N-dealkylation sites (tertiary alicyclic amines) is 1. The molecule has 2 aliphatic heterocycles. The zero-order valence-corrected chi connectivity index (χ0v) is 20.6. The molecule has 1 fully saturated rings. The number of aryl methyl sites for hydroxylation is 1. The highest BCUT2D eigenvalue weighted by molar-refractivity contribution is 7.15. The lowest BCUT2D eigenvalue weighted by molar-refractivity contribution is -0.189. The van der Waals surface area contributed by atoms with Gasteiger partial charge in [0, 0.05) is 13.1 Å². The highest BCUT2D eigenvalue weighted by Gasteiger charge is 2.54. The third-order valence-corrected chi connectivity index (χ3v) is 7.44. The number of halogens is 3. The maximum atomic E-state index is 13.4. The van der Waals surface area contributed by atoms with Crippen molar-refractivity contribution in [3.8, 4) is 16.7 Å². The van der Waals surface area contributed by atoms with Gasteiger partial charge in [-0.2, -0.15) is 13.2 Å². The van der Waals surface area contributed by atoms with E-state index in [9.17, 15) is 22.8 Å². The first-order chi connectivity index (χ1) is 17.7. The molecule has 1 aromatic heterocycles. The first-order valence-corrected chi connectivity index (χ1v) is 12.5. The van der Waals surface area contributed by atoms with E-state index in [0.29, 0.717) is 5.75 Å². The van der Waals surface area contributed by atoms with E-state index in [2.05, 4.69) is 9.72 Å². The van der Waals surface area contributed by atoms with Crippen LogP contribution in [-0.4, -0.2) is 48.1 Å². The Labute approximate surface area is 214 Å². The van der Waals surface area contributed by atoms with Gasteiger partial charge in [-0.1, -0.05) is 41.7 Å². The van der Waals surface area contributed by atoms with Crippen LogP contribution in [0.25, 0.3) is 0 Å². The quantitative estimate of drug-likeness (QED) is 0.408. The summed E-state index contributed by atoms with van der Waals surface area (Å²) in [6.07, 6.45) is -1.77. The lowest BCUT2D eigenvalue weighted by Crippen LogP contribution is -2.34. The summed E-state index contributed by atoms with van der Waals surface area (Å²) in [6.45, 7) is -0.996. The van der Waals surface area contributed by atoms with Gasteiger partial charge in [-0.15, -0.1) is 0 Å². The van der Waals surface area contributed by atoms with Gasteiger partial charge in [0.1, 0.15) is 22.5 Å². The second kappa shape index (κ2) is 10.0. The Morgan fingerprint density at radius 3 is 2.65 bits per heavy atom. The molecule has 2 aliphatic rings. The molecule has 0 saturated carbocycles. The summed E-state index contributed by atoms with van der Waals surface area (Å²) in [6, 6.07) is 15.4. The SMILES string of the molecule is COC(=O)C1CN(C(=O)c2cnc(Oc3ccc4c(c3)CCC(c3ccccc3)O4)s2)CC1C(F)(F)F. The first kappa shape index (κ1) is 25.1. The van der Waals surface area contributed by atoms with Gasteiger partial charge in [0.25, 0.3) is 11.1 Å². The molecule has 0 radical (unpaired) electrons. The van der Waals surface area contributed by atoms with E-state index in [-0.39, 0.29) is 22.7 Å². The van der Waals surface area contributed by atoms with Crippen LogP contribution >= 0.6 is 11.3 Å². The van der Waals surface area contributed by atoms with Gasteiger partial charge < -0.3 is 19.1 Å². The lowest BCUT2D eigenvalue weighted by Gasteiger charge is -2.26. The number of thiazole rings is 1. The molecule has 0 aliphatic carbocycles. The monoisotopic (exact) mass is 532 g/mol. The van der Waals surface area contributed by atoms with E-state index in [1.807, 2.05) is 42.5 Å². The Hall–Kier alpha value is -3.60. The maximum Gasteiger partial charge on any atom is 0.394 e. The molecule has 3 heterocycles. The molecule has 2 aromatic carbocycles. The van der Waals surface area contributed by atoms with Crippen LogP contribution in [0.1, 0.15) is 33.3 Å². The second-order valence-corrected chi connectivity index (χ2v) is 9.90. The molecule has 3 aromatic rings. The fourth-order valence-corrected chi connectivity index (χ4v) is 5.44. The zero-order chi connectivity index (χ0) is 26.2. The summed E-state index contributed by atoms with van der Waals surface area (Å²) < 4.78 is 56.8. The number of carbonyl (C=O) groups is 2. The van der Waals surface area contributed by atoms with Crippen molar-refractivity contribution in [2.24, 2.45) is 11.8 Å². The van der Waals surface area contributed by atoms with Crippen molar-refractivity contribution in [1.29, 1.82) is 0 Å². The Morgan fingerprint density at radius 1 is 1.14 bits per heavy atom. The summed E-state index contributed by atoms with van der Waals surface area (Å²) in [5, 5.41) is 0.179. The number of hydrogen-bond acceptors (Lipinski definition) is 7. The van der Waals surface area contributed by atoms with Crippen LogP contribution in [0.4, 0.5) is 13.2 Å². The minimum absolute atomic E-state index is 0.0192. The molecule has 0 spiro atoms. The van der Waals surface area contributed by atoms with Gasteiger partial charge in [0.15, 0.2) is 0 Å². The number of rotatable bonds is 5. The number of esters is 1. The minimum atomic E-state index is -4.63. The standard InChI is InChI=1S/C26H23F3N2O5S/c1-34-24(33)18-13-31(14-19(18)26(27,28)29)23(32)22-12-30-25(37-22)35-17-8-10-21-16(11-17)7-9-20(36-21)15-5-3-2-4-6-15/h2-6,8,10-12,18-20H,7,9,13-14H2,1H3. The van der Waals surface area contributed by atoms with Gasteiger partial charge in [-0.3, -0.25) is 9.59 Å². The average Bonchev–Trinajstić information content (AvgIpc) is 3.56. The van der Waals surface area contributed by atoms with Crippen molar-refractivity contribution in [3.63, 3.8) is 0 Å². The highest BCUT2D eigenvalue weighted by Crippen LogP contribution is 2.40. The van der Waals surface area contributed by atoms with Crippen LogP contribution in [0, 0.1) is 11.8 Å². The van der Waals surface area contributed by atoms with Crippen LogP contribution in [0.15, 0.2) is 54.7 Å². The van der Waals surface area contributed by atoms with Gasteiger partial charge in [-0.25, -0.2) is 4.98 Å². The molecule has 1 saturated heterocycles. The molecule has 1 amide bonds. The van der Waals surface area contributed by atoms with E-state index in [1.54, 1.807) is 6.07 Å². The van der Waals surface area contributed by atoms with E-state index < -0.39 is 36.4 Å². The summed E-state index contributed by atoms with van der Waals surface area (Å²) in [4.78, 5) is 30.0. The maximum absolute atomic E-state index is 13.4. The topological polar surface area (TPSA) is 78.0 Å². The van der Waals surface area contributed by atoms with Crippen molar-refractivity contribution in [2.45, 2.75) is 25.1 Å². The van der Waals surface area contributed by atoms with Crippen molar-refractivity contribution in [1.82, 2.24) is 9.88 Å². The first-order valence-electron chi connectivity index (χ1n) is 11.6. The van der Waals surface area contributed by atoms with Crippen molar-refractivity contribution in [3.05, 3.63) is 70.7 Å². The molecule has 0 N–H and O–H groups in total. The summed E-state index contributed by atoms with van der Waals surface area (Å²) in [5.41, 5.74) is 2.10. The minimum Gasteiger partial charge on any atom is -0.485 e. The molecule has 7 nitrogen and oxygen atoms in total. The Kier molecular flexibility index (Phi) is 6.80. The zero-order valence-electron chi connectivity index (χ0n) is 19.7. The predicted octanol–water partition coefficient (Wildman–Crippen LogP) is 5.43. The van der Waals surface area contributed by atoms with E-state index in [1.165, 1.54) is 6.20 Å². The number of aromatic nitrogens is 1. The van der Waals surface area contributed by atoms with Gasteiger partial charge >= 0.3 is 12.1 Å². The van der Waals surface area contributed by atoms with Crippen LogP contribution in [0.3, 0.4) is 0 Å². The van der Waals surface area contributed by atoms with E-state index in [4.69, 9.17) is 9.47 Å². The molecule has 3 unspecified atom stereocenters. The van der Waals surface area contributed by atoms with E-state index in [0.717, 1.165) is 53.1 Å². The van der Waals surface area contributed by atoms with Crippen molar-refractivity contribution < 1.29 is 37.0 Å². The van der Waals surface area contributed by atoms with Crippen molar-refractivity contribution in [2.75, 3.05) is 20.2 Å². The number of carbonyl (C=O) groups excluding carboxylic acids is 2. The Bertz CT molecular complexity index is 1300. The number of benzene rings is 2. The number of methoxy groups -OCH3 is 1. The van der Waals surface area contributed by atoms with Crippen LogP contribution < -0.4 is 9.47 Å². The van der Waals surface area contributed by atoms with Crippen LogP contribution in [0.2, 0.25) is 0 Å². The van der Waals surface area contributed by atoms with Crippen LogP contribution in [-0.2, 0) is 16.0 Å². The molecule has 11 heteroatoms. The smallest absolute Gasteiger partial charge is 0.394 e. The highest BCUT2D eigenvalue weighted by atomic mass is 32.1. The number of nitrogens with zero attached hydrogens (tertiary/aromatic N) is 2. The number of alkyl halides is 3. The fourth-order valence-electron chi connectivity index (χ4n) is 4.68. The molecule has 37 heavy (non-hydrogen) atoms. The summed E-state index contributed by atoms with van der Waals surface area (Å²) >= 11 is 0.929. The van der Waals surface area contributed by atoms with E-state index >= 15 is 0 Å². The normalized spacial score (nSPS) is 21.2. The number of hydrogen-bond donors (Lipinski definition) is 0. The molecular weight excluding hydrogens is 509 g/mol. The Balaban J connectivity index is 1.25. The summed E-state index contributed by atoms with van der Waals surface area (Å²) in [5.74, 6) is -3.78. The molecule has 0 bridgehead atoms. The number of ether oxygens (including phenoxy) is 3. The van der Waals surface area contributed by atoms with Gasteiger partial charge in [-0.05, 0) is 42.2 Å². The van der Waals surface area contributed by atoms with Gasteiger partial charge in [0.05, 0.1) is 25.1 Å². The largest absolute Gasteiger partial charge is 0.485 e. The molecule has 3 atom stereocenters. The van der Waals surface area contributed by atoms with Crippen LogP contribution in [0.5, 0.6) is 16.7 Å². The molecular formula is C26H23F3N2O5S. The fraction of sp³-hybridized carbons (Fsp3) is 0.346. The second-order valence-electron chi connectivity index (χ2n) is 8.91. The summed E-state index contributed by atoms with van der Waals surface area (Å²) in [7, 11) is 1.03. The number of amides is 1. The third-order valence-electron chi connectivity index (χ3n) is 6.58. The van der Waals surface area contributed by atoms with Gasteiger partial charge in [0.2, 0.25) is 0 Å². The third kappa shape index (κ3) is 5.27. The molecule has 5 rings (SSSR count). The average molecular weight is 533 g/mol. The predicted molar refractivity (Wildman–Crippen MR) is 128 cm³/mol. The lowest BCUT2D eigenvalue weighted by atomic mass is 9.96.